The van der Waals surface area contributed by atoms with E-state index in [0.717, 1.165) is 24.2 Å². The molecule has 0 unspecified atom stereocenters. The Labute approximate surface area is 174 Å². The van der Waals surface area contributed by atoms with Gasteiger partial charge in [-0.05, 0) is 43.2 Å². The van der Waals surface area contributed by atoms with Crippen molar-refractivity contribution in [2.75, 3.05) is 18.9 Å². The predicted molar refractivity (Wildman–Crippen MR) is 110 cm³/mol. The van der Waals surface area contributed by atoms with E-state index >= 15 is 0 Å². The maximum Gasteiger partial charge on any atom is 0.327 e. The number of benzene rings is 1. The Hall–Kier alpha value is -2.80. The molecule has 1 aliphatic heterocycles. The van der Waals surface area contributed by atoms with Gasteiger partial charge in [0.15, 0.2) is 0 Å². The lowest BCUT2D eigenvalue weighted by atomic mass is 9.81. The zero-order valence-electron chi connectivity index (χ0n) is 16.2. The number of aromatic nitrogens is 1. The molecule has 152 valence electrons. The fourth-order valence-corrected chi connectivity index (χ4v) is 4.49. The van der Waals surface area contributed by atoms with E-state index in [0.29, 0.717) is 29.2 Å². The standard InChI is InChI=1S/C21H23ClN4O3/c1-24-20(29)26(19(28)21(24)9-3-2-4-10-21)14-18(27)23-16-8-7-15(22)13-17(16)25-11-5-6-12-25/h5-8,11-13H,2-4,9-10,14H2,1H3,(H,23,27). The van der Waals surface area contributed by atoms with Gasteiger partial charge in [-0.1, -0.05) is 30.9 Å². The predicted octanol–water partition coefficient (Wildman–Crippen LogP) is 3.67. The Morgan fingerprint density at radius 3 is 2.52 bits per heavy atom. The first kappa shape index (κ1) is 19.5. The van der Waals surface area contributed by atoms with Crippen molar-refractivity contribution < 1.29 is 14.4 Å². The van der Waals surface area contributed by atoms with Crippen LogP contribution >= 0.6 is 11.6 Å². The Morgan fingerprint density at radius 1 is 1.14 bits per heavy atom. The summed E-state index contributed by atoms with van der Waals surface area (Å²) in [7, 11) is 1.66. The quantitative estimate of drug-likeness (QED) is 0.775. The van der Waals surface area contributed by atoms with Crippen molar-refractivity contribution in [1.82, 2.24) is 14.4 Å². The average molecular weight is 415 g/mol. The van der Waals surface area contributed by atoms with Crippen molar-refractivity contribution in [1.29, 1.82) is 0 Å². The summed E-state index contributed by atoms with van der Waals surface area (Å²) in [6.45, 7) is -0.308. The number of likely N-dealkylation sites (N-methyl/N-ethyl adjacent to an activating group) is 1. The zero-order chi connectivity index (χ0) is 20.6. The van der Waals surface area contributed by atoms with Gasteiger partial charge in [-0.3, -0.25) is 14.5 Å². The zero-order valence-corrected chi connectivity index (χ0v) is 17.0. The van der Waals surface area contributed by atoms with Gasteiger partial charge in [0.05, 0.1) is 11.4 Å². The first-order chi connectivity index (χ1) is 13.9. The SMILES string of the molecule is CN1C(=O)N(CC(=O)Nc2ccc(Cl)cc2-n2cccc2)C(=O)C12CCCCC2. The molecule has 2 heterocycles. The normalized spacial score (nSPS) is 18.6. The minimum Gasteiger partial charge on any atom is -0.323 e. The molecule has 1 saturated heterocycles. The second kappa shape index (κ2) is 7.55. The van der Waals surface area contributed by atoms with Crippen LogP contribution in [0.25, 0.3) is 5.69 Å². The molecule has 4 amide bonds. The fraction of sp³-hybridized carbons (Fsp3) is 0.381. The third kappa shape index (κ3) is 3.40. The largest absolute Gasteiger partial charge is 0.327 e. The van der Waals surface area contributed by atoms with Gasteiger partial charge < -0.3 is 14.8 Å². The number of amides is 4. The van der Waals surface area contributed by atoms with E-state index < -0.39 is 17.5 Å². The van der Waals surface area contributed by atoms with E-state index in [1.807, 2.05) is 29.1 Å². The molecule has 4 rings (SSSR count). The van der Waals surface area contributed by atoms with Gasteiger partial charge in [0.2, 0.25) is 5.91 Å². The van der Waals surface area contributed by atoms with E-state index in [2.05, 4.69) is 5.32 Å². The van der Waals surface area contributed by atoms with Crippen molar-refractivity contribution >= 4 is 35.1 Å². The molecule has 1 aromatic heterocycles. The second-order valence-electron chi connectivity index (χ2n) is 7.63. The molecule has 2 fully saturated rings. The lowest BCUT2D eigenvalue weighted by molar-refractivity contribution is -0.136. The molecule has 29 heavy (non-hydrogen) atoms. The van der Waals surface area contributed by atoms with Gasteiger partial charge in [-0.25, -0.2) is 4.79 Å². The summed E-state index contributed by atoms with van der Waals surface area (Å²) in [5.41, 5.74) is 0.470. The number of urea groups is 1. The molecule has 1 saturated carbocycles. The molecule has 7 nitrogen and oxygen atoms in total. The number of nitrogens with one attached hydrogen (secondary N) is 1. The third-order valence-corrected chi connectivity index (χ3v) is 6.14. The molecule has 1 spiro atoms. The number of nitrogens with zero attached hydrogens (tertiary/aromatic N) is 3. The molecule has 0 radical (unpaired) electrons. The van der Waals surface area contributed by atoms with Crippen molar-refractivity contribution in [2.45, 2.75) is 37.6 Å². The topological polar surface area (TPSA) is 74.7 Å². The summed E-state index contributed by atoms with van der Waals surface area (Å²) in [5, 5.41) is 3.36. The first-order valence-corrected chi connectivity index (χ1v) is 10.1. The molecule has 8 heteroatoms. The molecular formula is C21H23ClN4O3. The Morgan fingerprint density at radius 2 is 1.83 bits per heavy atom. The van der Waals surface area contributed by atoms with Crippen LogP contribution in [0.15, 0.2) is 42.7 Å². The fourth-order valence-electron chi connectivity index (χ4n) is 4.32. The van der Waals surface area contributed by atoms with Gasteiger partial charge in [0.1, 0.15) is 12.1 Å². The first-order valence-electron chi connectivity index (χ1n) is 9.75. The van der Waals surface area contributed by atoms with Crippen LogP contribution in [0.3, 0.4) is 0 Å². The molecule has 0 atom stereocenters. The van der Waals surface area contributed by atoms with Crippen LogP contribution in [0.1, 0.15) is 32.1 Å². The molecule has 2 aromatic rings. The number of hydrogen-bond donors (Lipinski definition) is 1. The Balaban J connectivity index is 1.52. The lowest BCUT2D eigenvalue weighted by Crippen LogP contribution is -2.49. The Kier molecular flexibility index (Phi) is 5.08. The highest BCUT2D eigenvalue weighted by Crippen LogP contribution is 2.39. The second-order valence-corrected chi connectivity index (χ2v) is 8.06. The van der Waals surface area contributed by atoms with Crippen LogP contribution < -0.4 is 5.32 Å². The van der Waals surface area contributed by atoms with Crippen LogP contribution in [0.4, 0.5) is 10.5 Å². The summed E-state index contributed by atoms with van der Waals surface area (Å²) in [4.78, 5) is 41.1. The van der Waals surface area contributed by atoms with Crippen molar-refractivity contribution in [3.63, 3.8) is 0 Å². The molecule has 1 N–H and O–H groups in total. The maximum atomic E-state index is 13.1. The summed E-state index contributed by atoms with van der Waals surface area (Å²) in [5.74, 6) is -0.690. The van der Waals surface area contributed by atoms with Crippen LogP contribution in [-0.2, 0) is 9.59 Å². The number of rotatable bonds is 4. The van der Waals surface area contributed by atoms with Crippen LogP contribution in [0.2, 0.25) is 5.02 Å². The molecule has 2 aliphatic rings. The molecule has 1 aromatic carbocycles. The number of imide groups is 1. The van der Waals surface area contributed by atoms with Crippen LogP contribution in [0, 0.1) is 0 Å². The van der Waals surface area contributed by atoms with Gasteiger partial charge >= 0.3 is 6.03 Å². The van der Waals surface area contributed by atoms with E-state index in [-0.39, 0.29) is 12.5 Å². The molecular weight excluding hydrogens is 392 g/mol. The number of halogens is 1. The monoisotopic (exact) mass is 414 g/mol. The van der Waals surface area contributed by atoms with Gasteiger partial charge in [0.25, 0.3) is 5.91 Å². The summed E-state index contributed by atoms with van der Waals surface area (Å²) in [6.07, 6.45) is 7.88. The van der Waals surface area contributed by atoms with Gasteiger partial charge in [-0.15, -0.1) is 0 Å². The molecule has 0 bridgehead atoms. The Bertz CT molecular complexity index is 951. The number of hydrogen-bond acceptors (Lipinski definition) is 3. The van der Waals surface area contributed by atoms with E-state index in [9.17, 15) is 14.4 Å². The van der Waals surface area contributed by atoms with E-state index in [1.165, 1.54) is 4.90 Å². The van der Waals surface area contributed by atoms with Crippen molar-refractivity contribution in [3.05, 3.63) is 47.7 Å². The van der Waals surface area contributed by atoms with Crippen molar-refractivity contribution in [2.24, 2.45) is 0 Å². The number of anilines is 1. The van der Waals surface area contributed by atoms with Crippen molar-refractivity contribution in [3.8, 4) is 5.69 Å². The smallest absolute Gasteiger partial charge is 0.323 e. The van der Waals surface area contributed by atoms with E-state index in [1.54, 1.807) is 25.2 Å². The molecule has 1 aliphatic carbocycles. The summed E-state index contributed by atoms with van der Waals surface area (Å²) >= 11 is 6.12. The minimum atomic E-state index is -0.786. The maximum absolute atomic E-state index is 13.1. The van der Waals surface area contributed by atoms with E-state index in [4.69, 9.17) is 11.6 Å². The third-order valence-electron chi connectivity index (χ3n) is 5.90. The van der Waals surface area contributed by atoms with Gasteiger partial charge in [0, 0.05) is 24.5 Å². The highest BCUT2D eigenvalue weighted by Gasteiger charge is 2.55. The van der Waals surface area contributed by atoms with Gasteiger partial charge in [-0.2, -0.15) is 0 Å². The lowest BCUT2D eigenvalue weighted by Gasteiger charge is -2.35. The average Bonchev–Trinajstić information content (AvgIpc) is 3.31. The summed E-state index contributed by atoms with van der Waals surface area (Å²) in [6, 6.07) is 8.46. The highest BCUT2D eigenvalue weighted by molar-refractivity contribution is 6.31. The number of carbonyl (C=O) groups is 3. The van der Waals surface area contributed by atoms with Crippen LogP contribution in [0.5, 0.6) is 0 Å². The minimum absolute atomic E-state index is 0.262. The number of carbonyl (C=O) groups excluding carboxylic acids is 3. The van der Waals surface area contributed by atoms with Crippen LogP contribution in [-0.4, -0.2) is 51.3 Å². The summed E-state index contributed by atoms with van der Waals surface area (Å²) < 4.78 is 1.83. The highest BCUT2D eigenvalue weighted by atomic mass is 35.5.